The third-order valence-electron chi connectivity index (χ3n) is 4.16. The van der Waals surface area contributed by atoms with Crippen molar-refractivity contribution in [3.63, 3.8) is 0 Å². The van der Waals surface area contributed by atoms with Gasteiger partial charge in [0.1, 0.15) is 5.82 Å². The molecule has 0 aliphatic carbocycles. The Morgan fingerprint density at radius 2 is 1.56 bits per heavy atom. The first kappa shape index (κ1) is 23.6. The number of alkyl halides is 3. The summed E-state index contributed by atoms with van der Waals surface area (Å²) in [6, 6.07) is 14.4. The number of hydrogen-bond donors (Lipinski definition) is 2. The lowest BCUT2D eigenvalue weighted by Crippen LogP contribution is -2.15. The molecule has 4 nitrogen and oxygen atoms in total. The van der Waals surface area contributed by atoms with Crippen LogP contribution < -0.4 is 10.6 Å². The van der Waals surface area contributed by atoms with E-state index in [1.807, 2.05) is 0 Å². The summed E-state index contributed by atoms with van der Waals surface area (Å²) in [5.74, 6) is -1.43. The lowest BCUT2D eigenvalue weighted by atomic mass is 10.2. The number of nitrogens with one attached hydrogen (secondary N) is 2. The third-order valence-corrected chi connectivity index (χ3v) is 5.50. The van der Waals surface area contributed by atoms with Gasteiger partial charge >= 0.3 is 6.18 Å². The summed E-state index contributed by atoms with van der Waals surface area (Å²) in [5, 5.41) is 5.04. The Bertz CT molecular complexity index is 1120. The molecule has 0 atom stereocenters. The molecule has 0 spiro atoms. The summed E-state index contributed by atoms with van der Waals surface area (Å²) in [6.45, 7) is 0. The minimum absolute atomic E-state index is 0.00222. The van der Waals surface area contributed by atoms with Gasteiger partial charge in [-0.2, -0.15) is 13.2 Å². The number of rotatable bonds is 6. The second-order valence-electron chi connectivity index (χ2n) is 6.51. The molecule has 32 heavy (non-hydrogen) atoms. The summed E-state index contributed by atoms with van der Waals surface area (Å²) in [4.78, 5) is 25.0. The van der Waals surface area contributed by atoms with Crippen molar-refractivity contribution in [2.75, 3.05) is 16.4 Å². The van der Waals surface area contributed by atoms with Crippen LogP contribution in [0.4, 0.5) is 28.9 Å². The number of halogens is 5. The van der Waals surface area contributed by atoms with Gasteiger partial charge in [0.25, 0.3) is 5.91 Å². The molecule has 3 aromatic carbocycles. The van der Waals surface area contributed by atoms with E-state index < -0.39 is 29.4 Å². The molecule has 166 valence electrons. The van der Waals surface area contributed by atoms with Gasteiger partial charge in [0.2, 0.25) is 5.91 Å². The Hall–Kier alpha value is -3.04. The fourth-order valence-electron chi connectivity index (χ4n) is 2.57. The van der Waals surface area contributed by atoms with Crippen LogP contribution in [0.1, 0.15) is 15.9 Å². The van der Waals surface area contributed by atoms with Crippen LogP contribution in [-0.4, -0.2) is 17.6 Å². The lowest BCUT2D eigenvalue weighted by molar-refractivity contribution is -0.137. The average molecular weight is 483 g/mol. The zero-order valence-electron chi connectivity index (χ0n) is 16.2. The van der Waals surface area contributed by atoms with Crippen LogP contribution in [0.3, 0.4) is 0 Å². The van der Waals surface area contributed by atoms with Crippen LogP contribution >= 0.6 is 23.4 Å². The van der Waals surface area contributed by atoms with Crippen molar-refractivity contribution in [3.05, 3.63) is 88.7 Å². The van der Waals surface area contributed by atoms with Crippen molar-refractivity contribution < 1.29 is 27.2 Å². The molecule has 0 radical (unpaired) electrons. The van der Waals surface area contributed by atoms with Gasteiger partial charge in [-0.05, 0) is 66.7 Å². The van der Waals surface area contributed by atoms with Crippen LogP contribution in [0.25, 0.3) is 0 Å². The van der Waals surface area contributed by atoms with Gasteiger partial charge in [-0.3, -0.25) is 9.59 Å². The second kappa shape index (κ2) is 10.1. The zero-order chi connectivity index (χ0) is 23.3. The molecule has 10 heteroatoms. The number of carbonyl (C=O) groups is 2. The van der Waals surface area contributed by atoms with Gasteiger partial charge in [0.05, 0.1) is 22.0 Å². The van der Waals surface area contributed by atoms with E-state index >= 15 is 0 Å². The molecule has 0 bridgehead atoms. The van der Waals surface area contributed by atoms with Crippen molar-refractivity contribution in [1.29, 1.82) is 0 Å². The Labute approximate surface area is 190 Å². The number of hydrogen-bond acceptors (Lipinski definition) is 3. The van der Waals surface area contributed by atoms with Crippen molar-refractivity contribution in [3.8, 4) is 0 Å². The van der Waals surface area contributed by atoms with Crippen LogP contribution in [0, 0.1) is 5.82 Å². The lowest BCUT2D eigenvalue weighted by Gasteiger charge is -2.11. The first-order valence-corrected chi connectivity index (χ1v) is 10.4. The highest BCUT2D eigenvalue weighted by molar-refractivity contribution is 8.00. The molecule has 0 unspecified atom stereocenters. The quantitative estimate of drug-likeness (QED) is 0.312. The number of carbonyl (C=O) groups excluding carboxylic acids is 2. The second-order valence-corrected chi connectivity index (χ2v) is 7.97. The van der Waals surface area contributed by atoms with Crippen LogP contribution in [0.15, 0.2) is 71.6 Å². The van der Waals surface area contributed by atoms with Crippen molar-refractivity contribution in [1.82, 2.24) is 0 Å². The number of thioether (sulfide) groups is 1. The van der Waals surface area contributed by atoms with Crippen LogP contribution in [0.2, 0.25) is 5.02 Å². The fourth-order valence-corrected chi connectivity index (χ4v) is 3.43. The first-order valence-electron chi connectivity index (χ1n) is 9.08. The first-order chi connectivity index (χ1) is 15.1. The summed E-state index contributed by atoms with van der Waals surface area (Å²) in [5.41, 5.74) is -0.229. The predicted octanol–water partition coefficient (Wildman–Crippen LogP) is 6.48. The molecule has 0 heterocycles. The molecule has 0 fully saturated rings. The summed E-state index contributed by atoms with van der Waals surface area (Å²) < 4.78 is 51.4. The highest BCUT2D eigenvalue weighted by atomic mass is 35.5. The van der Waals surface area contributed by atoms with Gasteiger partial charge in [0.15, 0.2) is 0 Å². The Morgan fingerprint density at radius 3 is 2.19 bits per heavy atom. The summed E-state index contributed by atoms with van der Waals surface area (Å²) in [6.07, 6.45) is -4.55. The standard InChI is InChI=1S/C22H15ClF4N2O2S/c23-18-10-3-14(22(25,26)27)11-19(18)29-20(30)12-32-17-8-6-16(7-9-17)28-21(31)13-1-4-15(24)5-2-13/h1-11H,12H2,(H,28,31)(H,29,30). The molecule has 0 aliphatic heterocycles. The largest absolute Gasteiger partial charge is 0.416 e. The molecule has 0 saturated heterocycles. The topological polar surface area (TPSA) is 58.2 Å². The number of amides is 2. The van der Waals surface area contributed by atoms with Crippen LogP contribution in [0.5, 0.6) is 0 Å². The highest BCUT2D eigenvalue weighted by Crippen LogP contribution is 2.34. The molecule has 2 N–H and O–H groups in total. The van der Waals surface area contributed by atoms with E-state index in [4.69, 9.17) is 11.6 Å². The number of anilines is 2. The Balaban J connectivity index is 1.54. The van der Waals surface area contributed by atoms with E-state index in [1.165, 1.54) is 24.3 Å². The summed E-state index contributed by atoms with van der Waals surface area (Å²) in [7, 11) is 0. The van der Waals surface area contributed by atoms with Gasteiger partial charge in [0, 0.05) is 16.1 Å². The van der Waals surface area contributed by atoms with Gasteiger partial charge in [-0.25, -0.2) is 4.39 Å². The van der Waals surface area contributed by atoms with E-state index in [-0.39, 0.29) is 16.5 Å². The summed E-state index contributed by atoms with van der Waals surface area (Å²) >= 11 is 7.03. The van der Waals surface area contributed by atoms with Crippen molar-refractivity contribution in [2.45, 2.75) is 11.1 Å². The van der Waals surface area contributed by atoms with Crippen molar-refractivity contribution >= 4 is 46.6 Å². The van der Waals surface area contributed by atoms with E-state index in [9.17, 15) is 27.2 Å². The monoisotopic (exact) mass is 482 g/mol. The number of benzene rings is 3. The minimum atomic E-state index is -4.55. The molecule has 3 aromatic rings. The average Bonchev–Trinajstić information content (AvgIpc) is 2.74. The van der Waals surface area contributed by atoms with Gasteiger partial charge < -0.3 is 10.6 Å². The zero-order valence-corrected chi connectivity index (χ0v) is 17.7. The highest BCUT2D eigenvalue weighted by Gasteiger charge is 2.31. The molecule has 2 amide bonds. The smallest absolute Gasteiger partial charge is 0.324 e. The third kappa shape index (κ3) is 6.48. The molecular weight excluding hydrogens is 468 g/mol. The molecule has 3 rings (SSSR count). The minimum Gasteiger partial charge on any atom is -0.324 e. The van der Waals surface area contributed by atoms with E-state index in [2.05, 4.69) is 10.6 Å². The van der Waals surface area contributed by atoms with E-state index in [0.717, 1.165) is 30.0 Å². The van der Waals surface area contributed by atoms with Gasteiger partial charge in [-0.1, -0.05) is 11.6 Å². The molecular formula is C22H15ClF4N2O2S. The van der Waals surface area contributed by atoms with Crippen LogP contribution in [-0.2, 0) is 11.0 Å². The SMILES string of the molecule is O=C(CSc1ccc(NC(=O)c2ccc(F)cc2)cc1)Nc1cc(C(F)(F)F)ccc1Cl. The normalized spacial score (nSPS) is 11.2. The Morgan fingerprint density at radius 1 is 0.906 bits per heavy atom. The maximum Gasteiger partial charge on any atom is 0.416 e. The predicted molar refractivity (Wildman–Crippen MR) is 117 cm³/mol. The van der Waals surface area contributed by atoms with Gasteiger partial charge in [-0.15, -0.1) is 11.8 Å². The Kier molecular flexibility index (Phi) is 7.42. The maximum atomic E-state index is 12.9. The fraction of sp³-hybridized carbons (Fsp3) is 0.0909. The molecule has 0 aliphatic rings. The van der Waals surface area contributed by atoms with Crippen molar-refractivity contribution in [2.24, 2.45) is 0 Å². The van der Waals surface area contributed by atoms with E-state index in [0.29, 0.717) is 16.1 Å². The maximum absolute atomic E-state index is 12.9. The van der Waals surface area contributed by atoms with E-state index in [1.54, 1.807) is 24.3 Å². The molecule has 0 saturated carbocycles. The molecule has 0 aromatic heterocycles.